The average molecular weight is 393 g/mol. The Bertz CT molecular complexity index is 823. The monoisotopic (exact) mass is 392 g/mol. The van der Waals surface area contributed by atoms with E-state index < -0.39 is 0 Å². The van der Waals surface area contributed by atoms with Crippen LogP contribution in [0.25, 0.3) is 5.57 Å². The van der Waals surface area contributed by atoms with Gasteiger partial charge in [-0.2, -0.15) is 4.98 Å². The van der Waals surface area contributed by atoms with Crippen LogP contribution in [0.1, 0.15) is 50.2 Å². The highest BCUT2D eigenvalue weighted by molar-refractivity contribution is 6.43. The molecule has 1 aromatic heterocycles. The van der Waals surface area contributed by atoms with Crippen LogP contribution in [0.4, 0.5) is 4.79 Å². The zero-order valence-electron chi connectivity index (χ0n) is 15.0. The lowest BCUT2D eigenvalue weighted by atomic mass is 9.96. The van der Waals surface area contributed by atoms with Crippen molar-refractivity contribution in [2.75, 3.05) is 19.7 Å². The van der Waals surface area contributed by atoms with Gasteiger partial charge in [0.15, 0.2) is 5.82 Å². The molecule has 27 heavy (non-hydrogen) atoms. The van der Waals surface area contributed by atoms with Gasteiger partial charge in [0.1, 0.15) is 12.0 Å². The fourth-order valence-corrected chi connectivity index (χ4v) is 3.97. The van der Waals surface area contributed by atoms with Crippen LogP contribution in [0.5, 0.6) is 0 Å². The van der Waals surface area contributed by atoms with E-state index in [9.17, 15) is 4.79 Å². The predicted molar refractivity (Wildman–Crippen MR) is 97.3 cm³/mol. The summed E-state index contributed by atoms with van der Waals surface area (Å²) in [7, 11) is 0. The minimum absolute atomic E-state index is 0.138. The maximum Gasteiger partial charge on any atom is 0.409 e. The number of hydrogen-bond acceptors (Lipinski definition) is 7. The zero-order valence-corrected chi connectivity index (χ0v) is 15.8. The van der Waals surface area contributed by atoms with E-state index >= 15 is 0 Å². The van der Waals surface area contributed by atoms with E-state index in [1.807, 2.05) is 0 Å². The third-order valence-electron chi connectivity index (χ3n) is 5.28. The van der Waals surface area contributed by atoms with Crippen molar-refractivity contribution < 1.29 is 18.8 Å². The molecule has 1 N–H and O–H groups in total. The molecule has 3 aliphatic rings. The van der Waals surface area contributed by atoms with E-state index in [0.717, 1.165) is 24.8 Å². The van der Waals surface area contributed by atoms with Crippen molar-refractivity contribution in [2.24, 2.45) is 5.92 Å². The maximum atomic E-state index is 11.8. The van der Waals surface area contributed by atoms with Gasteiger partial charge in [-0.05, 0) is 32.6 Å². The summed E-state index contributed by atoms with van der Waals surface area (Å²) in [5.74, 6) is 1.81. The van der Waals surface area contributed by atoms with Crippen molar-refractivity contribution in [1.29, 1.82) is 5.41 Å². The zero-order chi connectivity index (χ0) is 19.0. The smallest absolute Gasteiger partial charge is 0.409 e. The number of amides is 1. The van der Waals surface area contributed by atoms with Gasteiger partial charge in [0.05, 0.1) is 28.8 Å². The maximum absolute atomic E-state index is 11.8. The minimum atomic E-state index is -0.266. The van der Waals surface area contributed by atoms with Crippen LogP contribution < -0.4 is 0 Å². The lowest BCUT2D eigenvalue weighted by Crippen LogP contribution is -2.38. The van der Waals surface area contributed by atoms with Crippen molar-refractivity contribution in [2.45, 2.75) is 38.5 Å². The number of piperidine rings is 1. The summed E-state index contributed by atoms with van der Waals surface area (Å²) in [5, 5.41) is 12.6. The number of allylic oxidation sites excluding steroid dienone is 3. The third kappa shape index (κ3) is 3.34. The van der Waals surface area contributed by atoms with Gasteiger partial charge in [-0.3, -0.25) is 0 Å². The van der Waals surface area contributed by atoms with Crippen molar-refractivity contribution >= 4 is 29.0 Å². The number of nitrogens with one attached hydrogen (secondary N) is 1. The Morgan fingerprint density at radius 3 is 2.93 bits per heavy atom. The highest BCUT2D eigenvalue weighted by Crippen LogP contribution is 2.43. The summed E-state index contributed by atoms with van der Waals surface area (Å²) in [4.78, 5) is 18.1. The molecule has 0 saturated carbocycles. The summed E-state index contributed by atoms with van der Waals surface area (Å²) >= 11 is 5.99. The topological polar surface area (TPSA) is 102 Å². The van der Waals surface area contributed by atoms with E-state index in [4.69, 9.17) is 31.0 Å². The molecule has 1 amide bonds. The van der Waals surface area contributed by atoms with Gasteiger partial charge in [0.25, 0.3) is 5.89 Å². The van der Waals surface area contributed by atoms with E-state index in [1.54, 1.807) is 11.8 Å². The Labute approximate surface area is 161 Å². The second kappa shape index (κ2) is 7.34. The van der Waals surface area contributed by atoms with Crippen LogP contribution in [0, 0.1) is 11.3 Å². The number of hydrogen-bond donors (Lipinski definition) is 1. The Morgan fingerprint density at radius 2 is 2.19 bits per heavy atom. The fraction of sp³-hybridized carbons (Fsp3) is 0.556. The third-order valence-corrected chi connectivity index (χ3v) is 5.57. The number of halogens is 1. The molecule has 144 valence electrons. The first-order chi connectivity index (χ1) is 13.1. The number of carbonyl (C=O) groups is 1. The number of ether oxygens (including phenoxy) is 2. The van der Waals surface area contributed by atoms with Crippen molar-refractivity contribution in [1.82, 2.24) is 15.0 Å². The molecule has 3 heterocycles. The average Bonchev–Trinajstić information content (AvgIpc) is 3.32. The van der Waals surface area contributed by atoms with Gasteiger partial charge in [-0.1, -0.05) is 16.8 Å². The SMILES string of the molecule is CCOC(=O)N1CCC(c2noc(C3=C4OC=C(Cl)C(=N)C4CC3)n2)CC1. The van der Waals surface area contributed by atoms with Crippen LogP contribution in [0.15, 0.2) is 21.6 Å². The molecule has 0 aromatic carbocycles. The Morgan fingerprint density at radius 1 is 1.41 bits per heavy atom. The molecule has 1 atom stereocenters. The molecule has 1 aromatic rings. The highest BCUT2D eigenvalue weighted by atomic mass is 35.5. The standard InChI is InChI=1S/C18H21ClN4O4/c1-2-25-18(24)23-7-5-10(6-8-23)16-21-17(27-22-16)12-4-3-11-14(20)13(19)9-26-15(11)12/h9-11,20H,2-8H2,1H3. The molecule has 0 radical (unpaired) electrons. The first kappa shape index (κ1) is 18.0. The molecule has 9 heteroatoms. The number of aromatic nitrogens is 2. The summed E-state index contributed by atoms with van der Waals surface area (Å²) in [6, 6.07) is 0. The second-order valence-corrected chi connectivity index (χ2v) is 7.26. The molecule has 0 spiro atoms. The molecule has 8 nitrogen and oxygen atoms in total. The quantitative estimate of drug-likeness (QED) is 0.842. The number of carbonyl (C=O) groups excluding carboxylic acids is 1. The van der Waals surface area contributed by atoms with Crippen molar-refractivity contribution in [3.63, 3.8) is 0 Å². The Balaban J connectivity index is 1.46. The van der Waals surface area contributed by atoms with E-state index in [-0.39, 0.29) is 17.9 Å². The molecular weight excluding hydrogens is 372 g/mol. The first-order valence-electron chi connectivity index (χ1n) is 9.18. The van der Waals surface area contributed by atoms with Crippen LogP contribution in [-0.4, -0.2) is 46.5 Å². The van der Waals surface area contributed by atoms with Gasteiger partial charge < -0.3 is 24.3 Å². The van der Waals surface area contributed by atoms with Gasteiger partial charge >= 0.3 is 6.09 Å². The summed E-state index contributed by atoms with van der Waals surface area (Å²) in [5.41, 5.74) is 1.23. The Kier molecular flexibility index (Phi) is 4.90. The fourth-order valence-electron chi connectivity index (χ4n) is 3.80. The van der Waals surface area contributed by atoms with Gasteiger partial charge in [0.2, 0.25) is 0 Å². The number of rotatable bonds is 3. The lowest BCUT2D eigenvalue weighted by Gasteiger charge is -2.29. The summed E-state index contributed by atoms with van der Waals surface area (Å²) in [6.45, 7) is 3.42. The van der Waals surface area contributed by atoms with Crippen LogP contribution >= 0.6 is 11.6 Å². The summed E-state index contributed by atoms with van der Waals surface area (Å²) in [6.07, 6.45) is 4.13. The van der Waals surface area contributed by atoms with Crippen molar-refractivity contribution in [3.05, 3.63) is 28.8 Å². The minimum Gasteiger partial charge on any atom is -0.467 e. The summed E-state index contributed by atoms with van der Waals surface area (Å²) < 4.78 is 16.2. The second-order valence-electron chi connectivity index (χ2n) is 6.85. The molecule has 2 aliphatic heterocycles. The van der Waals surface area contributed by atoms with Gasteiger partial charge in [0, 0.05) is 19.0 Å². The van der Waals surface area contributed by atoms with Gasteiger partial charge in [-0.25, -0.2) is 4.79 Å². The first-order valence-corrected chi connectivity index (χ1v) is 9.56. The molecule has 1 unspecified atom stereocenters. The highest BCUT2D eigenvalue weighted by Gasteiger charge is 2.37. The number of likely N-dealkylation sites (tertiary alicyclic amines) is 1. The van der Waals surface area contributed by atoms with Crippen LogP contribution in [0.3, 0.4) is 0 Å². The largest absolute Gasteiger partial charge is 0.467 e. The van der Waals surface area contributed by atoms with E-state index in [0.29, 0.717) is 54.3 Å². The Hall–Kier alpha value is -2.35. The molecule has 0 bridgehead atoms. The number of nitrogens with zero attached hydrogens (tertiary/aromatic N) is 3. The molecular formula is C18H21ClN4O4. The molecule has 1 saturated heterocycles. The van der Waals surface area contributed by atoms with Crippen LogP contribution in [-0.2, 0) is 9.47 Å². The van der Waals surface area contributed by atoms with E-state index in [2.05, 4.69) is 10.1 Å². The molecule has 1 aliphatic carbocycles. The molecule has 1 fully saturated rings. The normalized spacial score (nSPS) is 23.2. The van der Waals surface area contributed by atoms with Crippen LogP contribution in [0.2, 0.25) is 0 Å². The lowest BCUT2D eigenvalue weighted by molar-refractivity contribution is 0.0965. The molecule has 4 rings (SSSR count). The van der Waals surface area contributed by atoms with Gasteiger partial charge in [-0.15, -0.1) is 0 Å². The number of fused-ring (bicyclic) bond motifs is 1. The predicted octanol–water partition coefficient (Wildman–Crippen LogP) is 3.66. The van der Waals surface area contributed by atoms with Crippen molar-refractivity contribution in [3.8, 4) is 0 Å². The van der Waals surface area contributed by atoms with E-state index in [1.165, 1.54) is 6.26 Å².